The first-order valence-electron chi connectivity index (χ1n) is 8.58. The van der Waals surface area contributed by atoms with Gasteiger partial charge in [0.2, 0.25) is 0 Å². The molecule has 1 fully saturated rings. The van der Waals surface area contributed by atoms with Crippen LogP contribution in [0.4, 0.5) is 13.2 Å². The van der Waals surface area contributed by atoms with E-state index in [1.807, 2.05) is 23.7 Å². The average Bonchev–Trinajstić information content (AvgIpc) is 3.26. The molecule has 0 radical (unpaired) electrons. The summed E-state index contributed by atoms with van der Waals surface area (Å²) >= 11 is 0. The van der Waals surface area contributed by atoms with Crippen LogP contribution < -0.4 is 0 Å². The number of alkyl halides is 3. The minimum Gasteiger partial charge on any atom is -0.338 e. The van der Waals surface area contributed by atoms with Crippen LogP contribution in [0, 0.1) is 0 Å². The summed E-state index contributed by atoms with van der Waals surface area (Å²) < 4.78 is 40.6. The first-order chi connectivity index (χ1) is 12.8. The standard InChI is InChI=1S/C19H17F3N4O/c1-25-16(24-15-6-3-8-23-17(15)25)13-7-9-26(11-13)18(27)12-4-2-5-14(10-12)19(20,21)22/h2-6,8,10,13H,7,9,11H2,1H3. The van der Waals surface area contributed by atoms with Crippen LogP contribution >= 0.6 is 0 Å². The lowest BCUT2D eigenvalue weighted by Crippen LogP contribution is -2.29. The van der Waals surface area contributed by atoms with Gasteiger partial charge >= 0.3 is 6.18 Å². The predicted octanol–water partition coefficient (Wildman–Crippen LogP) is 3.62. The highest BCUT2D eigenvalue weighted by molar-refractivity contribution is 5.94. The van der Waals surface area contributed by atoms with E-state index in [9.17, 15) is 18.0 Å². The molecule has 3 aromatic rings. The van der Waals surface area contributed by atoms with Crippen LogP contribution in [0.5, 0.6) is 0 Å². The molecule has 140 valence electrons. The summed E-state index contributed by atoms with van der Waals surface area (Å²) in [5.41, 5.74) is 0.801. The zero-order valence-electron chi connectivity index (χ0n) is 14.6. The van der Waals surface area contributed by atoms with Crippen LogP contribution in [0.15, 0.2) is 42.6 Å². The number of likely N-dealkylation sites (tertiary alicyclic amines) is 1. The molecule has 27 heavy (non-hydrogen) atoms. The fourth-order valence-electron chi connectivity index (χ4n) is 3.57. The van der Waals surface area contributed by atoms with E-state index in [0.29, 0.717) is 19.5 Å². The number of amides is 1. The Morgan fingerprint density at radius 2 is 2.04 bits per heavy atom. The van der Waals surface area contributed by atoms with Crippen molar-refractivity contribution in [1.29, 1.82) is 0 Å². The van der Waals surface area contributed by atoms with Gasteiger partial charge in [0.25, 0.3) is 5.91 Å². The first kappa shape index (κ1) is 17.5. The molecule has 1 saturated heterocycles. The molecule has 0 bridgehead atoms. The fraction of sp³-hybridized carbons (Fsp3) is 0.316. The zero-order valence-corrected chi connectivity index (χ0v) is 14.6. The summed E-state index contributed by atoms with van der Waals surface area (Å²) in [6, 6.07) is 8.26. The van der Waals surface area contributed by atoms with Gasteiger partial charge in [-0.05, 0) is 36.8 Å². The summed E-state index contributed by atoms with van der Waals surface area (Å²) in [7, 11) is 1.88. The van der Waals surface area contributed by atoms with Gasteiger partial charge in [0, 0.05) is 37.8 Å². The summed E-state index contributed by atoms with van der Waals surface area (Å²) in [5, 5.41) is 0. The second kappa shape index (κ2) is 6.37. The van der Waals surface area contributed by atoms with Gasteiger partial charge in [-0.25, -0.2) is 9.97 Å². The van der Waals surface area contributed by atoms with E-state index in [0.717, 1.165) is 29.1 Å². The molecule has 0 N–H and O–H groups in total. The van der Waals surface area contributed by atoms with Crippen molar-refractivity contribution >= 4 is 17.1 Å². The Balaban J connectivity index is 1.56. The van der Waals surface area contributed by atoms with Gasteiger partial charge in [-0.15, -0.1) is 0 Å². The number of imidazole rings is 1. The maximum absolute atomic E-state index is 12.9. The van der Waals surface area contributed by atoms with Crippen LogP contribution in [-0.2, 0) is 13.2 Å². The van der Waals surface area contributed by atoms with E-state index < -0.39 is 11.7 Å². The second-order valence-electron chi connectivity index (χ2n) is 6.69. The fourth-order valence-corrected chi connectivity index (χ4v) is 3.57. The lowest BCUT2D eigenvalue weighted by atomic mass is 10.1. The molecule has 1 aromatic carbocycles. The molecule has 1 aliphatic heterocycles. The van der Waals surface area contributed by atoms with Crippen molar-refractivity contribution in [3.63, 3.8) is 0 Å². The van der Waals surface area contributed by atoms with Crippen molar-refractivity contribution in [2.24, 2.45) is 7.05 Å². The number of carbonyl (C=O) groups excluding carboxylic acids is 1. The van der Waals surface area contributed by atoms with E-state index in [-0.39, 0.29) is 17.4 Å². The Kier molecular flexibility index (Phi) is 4.13. The van der Waals surface area contributed by atoms with Gasteiger partial charge in [-0.3, -0.25) is 4.79 Å². The number of aromatic nitrogens is 3. The molecular weight excluding hydrogens is 357 g/mol. The van der Waals surface area contributed by atoms with E-state index >= 15 is 0 Å². The molecule has 2 aromatic heterocycles. The summed E-state index contributed by atoms with van der Waals surface area (Å²) in [6.07, 6.45) is -2.06. The largest absolute Gasteiger partial charge is 0.416 e. The van der Waals surface area contributed by atoms with Crippen LogP contribution in [0.25, 0.3) is 11.2 Å². The number of hydrogen-bond acceptors (Lipinski definition) is 3. The van der Waals surface area contributed by atoms with Crippen LogP contribution in [0.3, 0.4) is 0 Å². The Labute approximate surface area is 153 Å². The second-order valence-corrected chi connectivity index (χ2v) is 6.69. The van der Waals surface area contributed by atoms with E-state index in [4.69, 9.17) is 0 Å². The minimum absolute atomic E-state index is 0.0268. The van der Waals surface area contributed by atoms with Crippen LogP contribution in [0.1, 0.15) is 34.1 Å². The van der Waals surface area contributed by atoms with Crippen molar-refractivity contribution < 1.29 is 18.0 Å². The van der Waals surface area contributed by atoms with Gasteiger partial charge in [-0.1, -0.05) is 6.07 Å². The van der Waals surface area contributed by atoms with Crippen molar-refractivity contribution in [1.82, 2.24) is 19.4 Å². The van der Waals surface area contributed by atoms with Crippen molar-refractivity contribution in [3.05, 3.63) is 59.5 Å². The number of pyridine rings is 1. The topological polar surface area (TPSA) is 51.0 Å². The number of carbonyl (C=O) groups is 1. The Morgan fingerprint density at radius 1 is 1.22 bits per heavy atom. The number of benzene rings is 1. The molecule has 1 amide bonds. The van der Waals surface area contributed by atoms with Gasteiger partial charge < -0.3 is 9.47 Å². The van der Waals surface area contributed by atoms with Gasteiger partial charge in [-0.2, -0.15) is 13.2 Å². The van der Waals surface area contributed by atoms with Crippen molar-refractivity contribution in [3.8, 4) is 0 Å². The molecule has 1 aliphatic rings. The van der Waals surface area contributed by atoms with E-state index in [2.05, 4.69) is 9.97 Å². The molecule has 3 heterocycles. The third-order valence-electron chi connectivity index (χ3n) is 4.94. The monoisotopic (exact) mass is 374 g/mol. The Morgan fingerprint density at radius 3 is 2.78 bits per heavy atom. The van der Waals surface area contributed by atoms with Gasteiger partial charge in [0.15, 0.2) is 5.65 Å². The molecule has 8 heteroatoms. The van der Waals surface area contributed by atoms with Crippen LogP contribution in [0.2, 0.25) is 0 Å². The SMILES string of the molecule is Cn1c(C2CCN(C(=O)c3cccc(C(F)(F)F)c3)C2)nc2cccnc21. The molecule has 0 spiro atoms. The molecule has 0 aliphatic carbocycles. The molecule has 0 saturated carbocycles. The summed E-state index contributed by atoms with van der Waals surface area (Å²) in [5.74, 6) is 0.475. The highest BCUT2D eigenvalue weighted by atomic mass is 19.4. The highest BCUT2D eigenvalue weighted by Crippen LogP contribution is 2.32. The highest BCUT2D eigenvalue weighted by Gasteiger charge is 2.33. The van der Waals surface area contributed by atoms with Crippen LogP contribution in [-0.4, -0.2) is 38.4 Å². The van der Waals surface area contributed by atoms with Crippen molar-refractivity contribution in [2.45, 2.75) is 18.5 Å². The minimum atomic E-state index is -4.47. The predicted molar refractivity (Wildman–Crippen MR) is 93.2 cm³/mol. The third-order valence-corrected chi connectivity index (χ3v) is 4.94. The maximum Gasteiger partial charge on any atom is 0.416 e. The van der Waals surface area contributed by atoms with E-state index in [1.54, 1.807) is 11.1 Å². The summed E-state index contributed by atoms with van der Waals surface area (Å²) in [4.78, 5) is 23.2. The Hall–Kier alpha value is -2.90. The third kappa shape index (κ3) is 3.15. The quantitative estimate of drug-likeness (QED) is 0.689. The average molecular weight is 374 g/mol. The smallest absolute Gasteiger partial charge is 0.338 e. The molecule has 1 unspecified atom stereocenters. The number of fused-ring (bicyclic) bond motifs is 1. The van der Waals surface area contributed by atoms with Gasteiger partial charge in [0.1, 0.15) is 11.3 Å². The summed E-state index contributed by atoms with van der Waals surface area (Å²) in [6.45, 7) is 0.905. The number of halogens is 3. The lowest BCUT2D eigenvalue weighted by Gasteiger charge is -2.17. The molecule has 5 nitrogen and oxygen atoms in total. The number of aryl methyl sites for hydroxylation is 1. The van der Waals surface area contributed by atoms with Gasteiger partial charge in [0.05, 0.1) is 5.56 Å². The van der Waals surface area contributed by atoms with E-state index in [1.165, 1.54) is 12.1 Å². The Bertz CT molecular complexity index is 1010. The molecule has 1 atom stereocenters. The maximum atomic E-state index is 12.9. The first-order valence-corrected chi connectivity index (χ1v) is 8.58. The number of hydrogen-bond donors (Lipinski definition) is 0. The number of nitrogens with zero attached hydrogens (tertiary/aromatic N) is 4. The lowest BCUT2D eigenvalue weighted by molar-refractivity contribution is -0.137. The normalized spacial score (nSPS) is 17.6. The number of rotatable bonds is 2. The molecular formula is C19H17F3N4O. The van der Waals surface area contributed by atoms with Crippen molar-refractivity contribution in [2.75, 3.05) is 13.1 Å². The molecule has 4 rings (SSSR count). The zero-order chi connectivity index (χ0) is 19.2.